The predicted molar refractivity (Wildman–Crippen MR) is 90.5 cm³/mol. The highest BCUT2D eigenvalue weighted by Gasteiger charge is 2.25. The van der Waals surface area contributed by atoms with Gasteiger partial charge in [0.2, 0.25) is 5.88 Å². The van der Waals surface area contributed by atoms with E-state index in [0.717, 1.165) is 18.0 Å². The molecular formula is C18H21N3O3. The largest absolute Gasteiger partial charge is 0.481 e. The van der Waals surface area contributed by atoms with Crippen molar-refractivity contribution in [2.75, 3.05) is 18.0 Å². The molecule has 6 nitrogen and oxygen atoms in total. The Labute approximate surface area is 141 Å². The van der Waals surface area contributed by atoms with Crippen LogP contribution in [0.1, 0.15) is 25.3 Å². The number of aryl methyl sites for hydroxylation is 1. The topological polar surface area (TPSA) is 75.5 Å². The third kappa shape index (κ3) is 3.82. The number of anilines is 1. The first-order chi connectivity index (χ1) is 11.7. The minimum atomic E-state index is -0.711. The highest BCUT2D eigenvalue weighted by atomic mass is 16.5. The average Bonchev–Trinajstić information content (AvgIpc) is 2.63. The molecule has 0 saturated carbocycles. The highest BCUT2D eigenvalue weighted by molar-refractivity contribution is 5.70. The molecule has 0 unspecified atom stereocenters. The van der Waals surface area contributed by atoms with Gasteiger partial charge in [0, 0.05) is 19.2 Å². The van der Waals surface area contributed by atoms with Gasteiger partial charge in [-0.25, -0.2) is 9.97 Å². The van der Waals surface area contributed by atoms with Crippen molar-refractivity contribution in [2.45, 2.75) is 26.2 Å². The Bertz CT molecular complexity index is 695. The van der Waals surface area contributed by atoms with Crippen molar-refractivity contribution in [3.05, 3.63) is 42.2 Å². The summed E-state index contributed by atoms with van der Waals surface area (Å²) in [5, 5.41) is 9.08. The van der Waals surface area contributed by atoms with Crippen LogP contribution in [0.3, 0.4) is 0 Å². The maximum Gasteiger partial charge on any atom is 0.306 e. The molecule has 0 bridgehead atoms. The third-order valence-electron chi connectivity index (χ3n) is 4.35. The summed E-state index contributed by atoms with van der Waals surface area (Å²) in [5.74, 6) is 1.04. The van der Waals surface area contributed by atoms with Crippen LogP contribution >= 0.6 is 0 Å². The van der Waals surface area contributed by atoms with Crippen LogP contribution < -0.4 is 9.64 Å². The van der Waals surface area contributed by atoms with Crippen molar-refractivity contribution in [2.24, 2.45) is 5.92 Å². The van der Waals surface area contributed by atoms with Crippen LogP contribution in [0, 0.1) is 5.92 Å². The molecule has 3 rings (SSSR count). The lowest BCUT2D eigenvalue weighted by Gasteiger charge is -2.30. The summed E-state index contributed by atoms with van der Waals surface area (Å²) >= 11 is 0. The van der Waals surface area contributed by atoms with Gasteiger partial charge in [-0.1, -0.05) is 19.1 Å². The summed E-state index contributed by atoms with van der Waals surface area (Å²) in [6.45, 7) is 3.47. The second-order valence-electron chi connectivity index (χ2n) is 5.91. The third-order valence-corrected chi connectivity index (χ3v) is 4.35. The number of piperidine rings is 1. The van der Waals surface area contributed by atoms with Gasteiger partial charge in [0.05, 0.1) is 5.92 Å². The molecule has 0 aliphatic carbocycles. The van der Waals surface area contributed by atoms with E-state index >= 15 is 0 Å². The van der Waals surface area contributed by atoms with E-state index in [2.05, 4.69) is 21.8 Å². The molecular weight excluding hydrogens is 306 g/mol. The zero-order valence-corrected chi connectivity index (χ0v) is 13.7. The summed E-state index contributed by atoms with van der Waals surface area (Å²) in [6, 6.07) is 9.73. The number of aromatic nitrogens is 2. The quantitative estimate of drug-likeness (QED) is 0.909. The Morgan fingerprint density at radius 3 is 2.58 bits per heavy atom. The molecule has 24 heavy (non-hydrogen) atoms. The van der Waals surface area contributed by atoms with E-state index in [1.54, 1.807) is 6.07 Å². The van der Waals surface area contributed by atoms with Crippen LogP contribution in [0.2, 0.25) is 0 Å². The Hall–Kier alpha value is -2.63. The van der Waals surface area contributed by atoms with Crippen LogP contribution in [-0.2, 0) is 11.2 Å². The molecule has 1 aromatic carbocycles. The number of aliphatic carboxylic acids is 1. The van der Waals surface area contributed by atoms with Crippen LogP contribution in [0.5, 0.6) is 11.6 Å². The molecule has 0 atom stereocenters. The van der Waals surface area contributed by atoms with E-state index in [9.17, 15) is 4.79 Å². The number of benzene rings is 1. The molecule has 1 fully saturated rings. The van der Waals surface area contributed by atoms with Gasteiger partial charge in [-0.05, 0) is 37.0 Å². The molecule has 1 aliphatic heterocycles. The van der Waals surface area contributed by atoms with E-state index in [-0.39, 0.29) is 5.92 Å². The minimum absolute atomic E-state index is 0.254. The first-order valence-corrected chi connectivity index (χ1v) is 8.22. The second kappa shape index (κ2) is 7.29. The average molecular weight is 327 g/mol. The van der Waals surface area contributed by atoms with Gasteiger partial charge in [0.15, 0.2) is 0 Å². The number of carbonyl (C=O) groups is 1. The van der Waals surface area contributed by atoms with Crippen LogP contribution in [0.25, 0.3) is 0 Å². The second-order valence-corrected chi connectivity index (χ2v) is 5.91. The minimum Gasteiger partial charge on any atom is -0.481 e. The molecule has 2 heterocycles. The SMILES string of the molecule is CCc1ccc(Oc2cc(N3CCC(C(=O)O)CC3)ncn2)cc1. The summed E-state index contributed by atoms with van der Waals surface area (Å²) in [5.41, 5.74) is 1.26. The van der Waals surface area contributed by atoms with Crippen molar-refractivity contribution in [3.63, 3.8) is 0 Å². The van der Waals surface area contributed by atoms with Crippen molar-refractivity contribution < 1.29 is 14.6 Å². The molecule has 0 spiro atoms. The van der Waals surface area contributed by atoms with E-state index in [0.29, 0.717) is 31.8 Å². The fraction of sp³-hybridized carbons (Fsp3) is 0.389. The van der Waals surface area contributed by atoms with Crippen molar-refractivity contribution in [1.29, 1.82) is 0 Å². The van der Waals surface area contributed by atoms with Gasteiger partial charge >= 0.3 is 5.97 Å². The first kappa shape index (κ1) is 16.2. The Morgan fingerprint density at radius 1 is 1.25 bits per heavy atom. The molecule has 6 heteroatoms. The van der Waals surface area contributed by atoms with E-state index in [1.165, 1.54) is 11.9 Å². The van der Waals surface area contributed by atoms with Gasteiger partial charge in [-0.2, -0.15) is 0 Å². The Kier molecular flexibility index (Phi) is 4.93. The number of hydrogen-bond acceptors (Lipinski definition) is 5. The monoisotopic (exact) mass is 327 g/mol. The molecule has 1 aliphatic rings. The normalized spacial score (nSPS) is 15.3. The van der Waals surface area contributed by atoms with E-state index < -0.39 is 5.97 Å². The maximum atomic E-state index is 11.0. The van der Waals surface area contributed by atoms with E-state index in [4.69, 9.17) is 9.84 Å². The first-order valence-electron chi connectivity index (χ1n) is 8.22. The summed E-state index contributed by atoms with van der Waals surface area (Å²) in [6.07, 6.45) is 3.74. The van der Waals surface area contributed by atoms with Gasteiger partial charge < -0.3 is 14.7 Å². The number of hydrogen-bond donors (Lipinski definition) is 1. The van der Waals surface area contributed by atoms with Crippen LogP contribution in [0.15, 0.2) is 36.7 Å². The van der Waals surface area contributed by atoms with E-state index in [1.807, 2.05) is 24.3 Å². The lowest BCUT2D eigenvalue weighted by molar-refractivity contribution is -0.142. The van der Waals surface area contributed by atoms with Crippen LogP contribution in [0.4, 0.5) is 5.82 Å². The maximum absolute atomic E-state index is 11.0. The fourth-order valence-electron chi connectivity index (χ4n) is 2.83. The van der Waals surface area contributed by atoms with Crippen molar-refractivity contribution in [1.82, 2.24) is 9.97 Å². The lowest BCUT2D eigenvalue weighted by Crippen LogP contribution is -2.36. The standard InChI is InChI=1S/C18H21N3O3/c1-2-13-3-5-15(6-4-13)24-17-11-16(19-12-20-17)21-9-7-14(8-10-21)18(22)23/h3-6,11-12,14H,2,7-10H2,1H3,(H,22,23). The molecule has 1 aromatic heterocycles. The number of carboxylic acid groups (broad SMARTS) is 1. The van der Waals surface area contributed by atoms with Gasteiger partial charge in [-0.3, -0.25) is 4.79 Å². The summed E-state index contributed by atoms with van der Waals surface area (Å²) in [4.78, 5) is 21.6. The highest BCUT2D eigenvalue weighted by Crippen LogP contribution is 2.26. The van der Waals surface area contributed by atoms with Crippen molar-refractivity contribution >= 4 is 11.8 Å². The molecule has 0 radical (unpaired) electrons. The summed E-state index contributed by atoms with van der Waals surface area (Å²) < 4.78 is 5.80. The molecule has 2 aromatic rings. The summed E-state index contributed by atoms with van der Waals surface area (Å²) in [7, 11) is 0. The molecule has 126 valence electrons. The Balaban J connectivity index is 1.66. The number of nitrogens with zero attached hydrogens (tertiary/aromatic N) is 3. The van der Waals surface area contributed by atoms with Gasteiger partial charge in [-0.15, -0.1) is 0 Å². The molecule has 1 saturated heterocycles. The number of rotatable bonds is 5. The number of ether oxygens (including phenoxy) is 1. The zero-order chi connectivity index (χ0) is 16.9. The molecule has 1 N–H and O–H groups in total. The zero-order valence-electron chi connectivity index (χ0n) is 13.7. The fourth-order valence-corrected chi connectivity index (χ4v) is 2.83. The molecule has 0 amide bonds. The predicted octanol–water partition coefficient (Wildman–Crippen LogP) is 3.13. The van der Waals surface area contributed by atoms with Gasteiger partial charge in [0.1, 0.15) is 17.9 Å². The smallest absolute Gasteiger partial charge is 0.306 e. The Morgan fingerprint density at radius 2 is 1.96 bits per heavy atom. The van der Waals surface area contributed by atoms with Crippen molar-refractivity contribution in [3.8, 4) is 11.6 Å². The number of carboxylic acids is 1. The lowest BCUT2D eigenvalue weighted by atomic mass is 9.97. The van der Waals surface area contributed by atoms with Crippen LogP contribution in [-0.4, -0.2) is 34.1 Å². The van der Waals surface area contributed by atoms with Gasteiger partial charge in [0.25, 0.3) is 0 Å².